The zero-order valence-corrected chi connectivity index (χ0v) is 25.6. The van der Waals surface area contributed by atoms with Gasteiger partial charge in [-0.05, 0) is 80.4 Å². The number of nitrogens with zero attached hydrogens (tertiary/aromatic N) is 2. The number of amides is 2. The van der Waals surface area contributed by atoms with Gasteiger partial charge in [-0.3, -0.25) is 9.59 Å². The molecule has 0 unspecified atom stereocenters. The Morgan fingerprint density at radius 1 is 1.07 bits per heavy atom. The van der Waals surface area contributed by atoms with Crippen molar-refractivity contribution in [1.29, 1.82) is 0 Å². The first-order chi connectivity index (χ1) is 20.7. The number of thiazole rings is 1. The van der Waals surface area contributed by atoms with E-state index in [0.29, 0.717) is 5.56 Å². The molecule has 2 amide bonds. The summed E-state index contributed by atoms with van der Waals surface area (Å²) in [5.41, 5.74) is 1.81. The summed E-state index contributed by atoms with van der Waals surface area (Å²) >= 11 is 1.48. The van der Waals surface area contributed by atoms with Crippen molar-refractivity contribution in [3.8, 4) is 16.3 Å². The second kappa shape index (κ2) is 11.9. The number of carbonyl (C=O) groups is 2. The van der Waals surface area contributed by atoms with Crippen molar-refractivity contribution in [2.45, 2.75) is 49.1 Å². The van der Waals surface area contributed by atoms with Crippen LogP contribution in [0, 0.1) is 6.92 Å². The summed E-state index contributed by atoms with van der Waals surface area (Å²) in [4.78, 5) is 33.8. The van der Waals surface area contributed by atoms with Gasteiger partial charge in [0.2, 0.25) is 9.84 Å². The van der Waals surface area contributed by atoms with Crippen LogP contribution in [0.3, 0.4) is 0 Å². The molecule has 0 bridgehead atoms. The van der Waals surface area contributed by atoms with E-state index in [0.717, 1.165) is 53.7 Å². The van der Waals surface area contributed by atoms with Crippen molar-refractivity contribution >= 4 is 38.7 Å². The Morgan fingerprint density at radius 2 is 1.81 bits per heavy atom. The van der Waals surface area contributed by atoms with Gasteiger partial charge < -0.3 is 20.3 Å². The maximum absolute atomic E-state index is 13.3. The van der Waals surface area contributed by atoms with Gasteiger partial charge in [0.15, 0.2) is 0 Å². The van der Waals surface area contributed by atoms with Crippen LogP contribution < -0.4 is 15.4 Å². The normalized spacial score (nSPS) is 16.5. The summed E-state index contributed by atoms with van der Waals surface area (Å²) in [6.45, 7) is 7.28. The highest BCUT2D eigenvalue weighted by Crippen LogP contribution is 2.37. The van der Waals surface area contributed by atoms with Gasteiger partial charge in [-0.2, -0.15) is 0 Å². The Kier molecular flexibility index (Phi) is 8.04. The fraction of sp³-hybridized carbons (Fsp3) is 0.281. The number of fused-ring (bicyclic) bond motifs is 2. The van der Waals surface area contributed by atoms with Gasteiger partial charge in [-0.15, -0.1) is 11.3 Å². The molecule has 0 aliphatic carbocycles. The molecule has 9 nitrogen and oxygen atoms in total. The molecule has 43 heavy (non-hydrogen) atoms. The van der Waals surface area contributed by atoms with E-state index in [4.69, 9.17) is 4.74 Å². The van der Waals surface area contributed by atoms with E-state index in [9.17, 15) is 18.0 Å². The SMILES string of the molecule is CCN1CCC(Oc2ccc(-c3ncc(CNC(=O)c4ccc5c(c4C)NC(=O)c4ccccc4S5(=O)=O)s3)cc2)CC1. The molecule has 1 saturated heterocycles. The third kappa shape index (κ3) is 5.80. The van der Waals surface area contributed by atoms with E-state index in [2.05, 4.69) is 27.4 Å². The van der Waals surface area contributed by atoms with Gasteiger partial charge in [0, 0.05) is 35.3 Å². The lowest BCUT2D eigenvalue weighted by Gasteiger charge is -2.31. The maximum atomic E-state index is 13.3. The minimum absolute atomic E-state index is 0.0368. The molecule has 2 aliphatic heterocycles. The van der Waals surface area contributed by atoms with Crippen LogP contribution in [0.5, 0.6) is 5.75 Å². The first-order valence-electron chi connectivity index (χ1n) is 14.3. The summed E-state index contributed by atoms with van der Waals surface area (Å²) in [6.07, 6.45) is 4.04. The van der Waals surface area contributed by atoms with Gasteiger partial charge in [0.25, 0.3) is 11.8 Å². The third-order valence-corrected chi connectivity index (χ3v) is 10.9. The van der Waals surface area contributed by atoms with E-state index in [1.54, 1.807) is 25.3 Å². The first kappa shape index (κ1) is 29.0. The summed E-state index contributed by atoms with van der Waals surface area (Å²) in [5, 5.41) is 6.44. The number of hydrogen-bond acceptors (Lipinski definition) is 8. The smallest absolute Gasteiger partial charge is 0.257 e. The largest absolute Gasteiger partial charge is 0.490 e. The quantitative estimate of drug-likeness (QED) is 0.289. The molecule has 6 rings (SSSR count). The fourth-order valence-electron chi connectivity index (χ4n) is 5.50. The molecular formula is C32H32N4O5S2. The van der Waals surface area contributed by atoms with E-state index in [-0.39, 0.29) is 45.2 Å². The van der Waals surface area contributed by atoms with Crippen LogP contribution in [0.15, 0.2) is 76.7 Å². The number of nitrogens with one attached hydrogen (secondary N) is 2. The maximum Gasteiger partial charge on any atom is 0.257 e. The number of benzene rings is 3. The molecule has 0 atom stereocenters. The second-order valence-corrected chi connectivity index (χ2v) is 13.7. The van der Waals surface area contributed by atoms with Crippen LogP contribution in [0.2, 0.25) is 0 Å². The Labute approximate surface area is 254 Å². The van der Waals surface area contributed by atoms with Crippen molar-refractivity contribution in [3.63, 3.8) is 0 Å². The van der Waals surface area contributed by atoms with Crippen LogP contribution in [0.4, 0.5) is 5.69 Å². The minimum Gasteiger partial charge on any atom is -0.490 e. The topological polar surface area (TPSA) is 118 Å². The van der Waals surface area contributed by atoms with Crippen molar-refractivity contribution in [2.75, 3.05) is 25.0 Å². The first-order valence-corrected chi connectivity index (χ1v) is 16.6. The number of sulfone groups is 1. The lowest BCUT2D eigenvalue weighted by atomic mass is 10.1. The Balaban J connectivity index is 1.11. The van der Waals surface area contributed by atoms with Crippen LogP contribution >= 0.6 is 11.3 Å². The van der Waals surface area contributed by atoms with E-state index in [1.165, 1.54) is 35.6 Å². The molecule has 1 fully saturated rings. The summed E-state index contributed by atoms with van der Waals surface area (Å²) in [6, 6.07) is 16.9. The van der Waals surface area contributed by atoms with Gasteiger partial charge in [-0.1, -0.05) is 19.1 Å². The van der Waals surface area contributed by atoms with Gasteiger partial charge in [0.05, 0.1) is 27.6 Å². The predicted octanol–water partition coefficient (Wildman–Crippen LogP) is 5.31. The van der Waals surface area contributed by atoms with Crippen LogP contribution in [-0.4, -0.2) is 55.9 Å². The third-order valence-electron chi connectivity index (χ3n) is 7.98. The molecule has 0 saturated carbocycles. The lowest BCUT2D eigenvalue weighted by molar-refractivity contribution is 0.0949. The molecule has 0 radical (unpaired) electrons. The molecule has 2 N–H and O–H groups in total. The van der Waals surface area contributed by atoms with E-state index in [1.807, 2.05) is 24.3 Å². The zero-order chi connectivity index (χ0) is 30.1. The average molecular weight is 617 g/mol. The van der Waals surface area contributed by atoms with Gasteiger partial charge in [0.1, 0.15) is 16.9 Å². The monoisotopic (exact) mass is 616 g/mol. The Hall–Kier alpha value is -4.06. The fourth-order valence-corrected chi connectivity index (χ4v) is 8.02. The lowest BCUT2D eigenvalue weighted by Crippen LogP contribution is -2.37. The average Bonchev–Trinajstić information content (AvgIpc) is 3.47. The van der Waals surface area contributed by atoms with Crippen molar-refractivity contribution in [2.24, 2.45) is 0 Å². The van der Waals surface area contributed by atoms with Crippen molar-refractivity contribution < 1.29 is 22.7 Å². The molecule has 4 aromatic rings. The van der Waals surface area contributed by atoms with E-state index < -0.39 is 15.7 Å². The number of anilines is 1. The number of likely N-dealkylation sites (tertiary alicyclic amines) is 1. The van der Waals surface area contributed by atoms with Crippen LogP contribution in [-0.2, 0) is 16.4 Å². The van der Waals surface area contributed by atoms with Crippen LogP contribution in [0.25, 0.3) is 10.6 Å². The highest BCUT2D eigenvalue weighted by molar-refractivity contribution is 7.91. The molecule has 222 valence electrons. The highest BCUT2D eigenvalue weighted by atomic mass is 32.2. The number of ether oxygens (including phenoxy) is 1. The van der Waals surface area contributed by atoms with E-state index >= 15 is 0 Å². The molecule has 2 aliphatic rings. The Morgan fingerprint density at radius 3 is 2.56 bits per heavy atom. The van der Waals surface area contributed by atoms with Gasteiger partial charge >= 0.3 is 0 Å². The summed E-state index contributed by atoms with van der Waals surface area (Å²) in [5.74, 6) is -0.0608. The standard InChI is InChI=1S/C32H32N4O5S2/c1-3-36-16-14-23(15-17-36)41-22-10-8-21(9-11-22)32-34-19-24(42-32)18-33-30(37)25-12-13-28-29(20(25)2)35-31(38)26-6-4-5-7-27(26)43(28,39)40/h4-13,19,23H,3,14-18H2,1-2H3,(H,33,37)(H,35,38). The number of hydrogen-bond donors (Lipinski definition) is 2. The molecule has 3 aromatic carbocycles. The second-order valence-electron chi connectivity index (χ2n) is 10.7. The molecule has 11 heteroatoms. The molecule has 0 spiro atoms. The summed E-state index contributed by atoms with van der Waals surface area (Å²) in [7, 11) is -3.96. The van der Waals surface area contributed by atoms with Crippen molar-refractivity contribution in [3.05, 3.63) is 88.4 Å². The minimum atomic E-state index is -3.96. The highest BCUT2D eigenvalue weighted by Gasteiger charge is 2.33. The van der Waals surface area contributed by atoms with Crippen molar-refractivity contribution in [1.82, 2.24) is 15.2 Å². The van der Waals surface area contributed by atoms with Crippen LogP contribution in [0.1, 0.15) is 50.9 Å². The number of rotatable bonds is 7. The number of carbonyl (C=O) groups excluding carboxylic acids is 2. The molecule has 3 heterocycles. The number of aromatic nitrogens is 1. The zero-order valence-electron chi connectivity index (χ0n) is 23.9. The van der Waals surface area contributed by atoms with Gasteiger partial charge in [-0.25, -0.2) is 13.4 Å². The molecular weight excluding hydrogens is 585 g/mol. The summed E-state index contributed by atoms with van der Waals surface area (Å²) < 4.78 is 32.9. The molecule has 1 aromatic heterocycles. The predicted molar refractivity (Wildman–Crippen MR) is 166 cm³/mol. The Bertz CT molecular complexity index is 1790. The number of piperidine rings is 1.